The Morgan fingerprint density at radius 3 is 2.12 bits per heavy atom. The molecule has 0 atom stereocenters. The number of rotatable bonds is 9. The first-order valence-corrected chi connectivity index (χ1v) is 10.8. The molecule has 3 rings (SSSR count). The number of nitrogens with zero attached hydrogens (tertiary/aromatic N) is 3. The first-order chi connectivity index (χ1) is 16.4. The molecular formula is C26H26N4O4. The van der Waals surface area contributed by atoms with Gasteiger partial charge >= 0.3 is 0 Å². The summed E-state index contributed by atoms with van der Waals surface area (Å²) in [4.78, 5) is 24.8. The largest absolute Gasteiger partial charge is 0.507 e. The second-order valence-corrected chi connectivity index (χ2v) is 7.42. The Hall–Kier alpha value is -4.46. The van der Waals surface area contributed by atoms with Crippen molar-refractivity contribution in [2.45, 2.75) is 13.8 Å². The highest BCUT2D eigenvalue weighted by Crippen LogP contribution is 2.23. The fraction of sp³-hybridized carbons (Fsp3) is 0.154. The molecule has 8 heteroatoms. The van der Waals surface area contributed by atoms with Gasteiger partial charge in [-0.05, 0) is 61.4 Å². The molecule has 0 aliphatic rings. The Kier molecular flexibility index (Phi) is 8.12. The van der Waals surface area contributed by atoms with Gasteiger partial charge < -0.3 is 10.0 Å². The van der Waals surface area contributed by atoms with Crippen LogP contribution < -0.4 is 10.3 Å². The third-order valence-electron chi connectivity index (χ3n) is 5.26. The molecule has 0 saturated heterocycles. The number of hydrogen-bond acceptors (Lipinski definition) is 6. The van der Waals surface area contributed by atoms with Gasteiger partial charge in [-0.2, -0.15) is 5.10 Å². The maximum Gasteiger partial charge on any atom is 0.271 e. The van der Waals surface area contributed by atoms with Gasteiger partial charge in [0.2, 0.25) is 0 Å². The zero-order valence-corrected chi connectivity index (χ0v) is 19.0. The monoisotopic (exact) mass is 458 g/mol. The minimum Gasteiger partial charge on any atom is -0.507 e. The second kappa shape index (κ2) is 11.4. The summed E-state index contributed by atoms with van der Waals surface area (Å²) in [5.41, 5.74) is 6.07. The molecular weight excluding hydrogens is 432 g/mol. The number of nitrogens with one attached hydrogen (secondary N) is 1. The third-order valence-corrected chi connectivity index (χ3v) is 5.26. The maximum absolute atomic E-state index is 12.4. The van der Waals surface area contributed by atoms with E-state index in [0.717, 1.165) is 29.9 Å². The van der Waals surface area contributed by atoms with E-state index >= 15 is 0 Å². The van der Waals surface area contributed by atoms with Crippen LogP contribution in [0.25, 0.3) is 12.2 Å². The molecule has 0 unspecified atom stereocenters. The van der Waals surface area contributed by atoms with E-state index in [1.807, 2.05) is 32.1 Å². The summed E-state index contributed by atoms with van der Waals surface area (Å²) in [7, 11) is 0. The molecule has 0 aliphatic heterocycles. The summed E-state index contributed by atoms with van der Waals surface area (Å²) >= 11 is 0. The average Bonchev–Trinajstić information content (AvgIpc) is 2.85. The van der Waals surface area contributed by atoms with Crippen LogP contribution in [0.2, 0.25) is 0 Å². The van der Waals surface area contributed by atoms with Gasteiger partial charge in [0.15, 0.2) is 0 Å². The number of benzene rings is 3. The second-order valence-electron chi connectivity index (χ2n) is 7.42. The van der Waals surface area contributed by atoms with E-state index in [1.165, 1.54) is 18.3 Å². The molecule has 3 aromatic carbocycles. The van der Waals surface area contributed by atoms with Crippen LogP contribution in [0.15, 0.2) is 71.8 Å². The van der Waals surface area contributed by atoms with Gasteiger partial charge in [-0.1, -0.05) is 24.3 Å². The number of phenolic OH excluding ortho intramolecular Hbond substituents is 1. The lowest BCUT2D eigenvalue weighted by molar-refractivity contribution is -0.384. The number of hydrazone groups is 1. The lowest BCUT2D eigenvalue weighted by atomic mass is 10.1. The van der Waals surface area contributed by atoms with E-state index < -0.39 is 4.92 Å². The normalized spacial score (nSPS) is 11.1. The quantitative estimate of drug-likeness (QED) is 0.201. The molecule has 0 fully saturated rings. The van der Waals surface area contributed by atoms with Crippen LogP contribution in [0.5, 0.6) is 5.75 Å². The Morgan fingerprint density at radius 1 is 1.00 bits per heavy atom. The molecule has 0 aliphatic carbocycles. The van der Waals surface area contributed by atoms with Crippen LogP contribution in [0.4, 0.5) is 11.4 Å². The fourth-order valence-corrected chi connectivity index (χ4v) is 3.30. The Labute approximate surface area is 198 Å². The lowest BCUT2D eigenvalue weighted by Crippen LogP contribution is -2.21. The SMILES string of the molecule is CCN(CC)c1ccc(/C=N/NC(=O)c2ccc(/C=C/c3ccc([N+](=O)[O-])cc3)cc2)c(O)c1. The summed E-state index contributed by atoms with van der Waals surface area (Å²) in [6.07, 6.45) is 5.09. The number of nitro benzene ring substituents is 1. The summed E-state index contributed by atoms with van der Waals surface area (Å²) in [6, 6.07) is 18.5. The Bertz CT molecular complexity index is 1200. The van der Waals surface area contributed by atoms with Crippen LogP contribution in [0.1, 0.15) is 40.9 Å². The predicted molar refractivity (Wildman–Crippen MR) is 135 cm³/mol. The highest BCUT2D eigenvalue weighted by Gasteiger charge is 2.07. The molecule has 0 spiro atoms. The van der Waals surface area contributed by atoms with Crippen LogP contribution in [0.3, 0.4) is 0 Å². The lowest BCUT2D eigenvalue weighted by Gasteiger charge is -2.21. The predicted octanol–water partition coefficient (Wildman–Crippen LogP) is 5.08. The molecule has 174 valence electrons. The summed E-state index contributed by atoms with van der Waals surface area (Å²) in [5, 5.41) is 24.9. The van der Waals surface area contributed by atoms with Crippen molar-refractivity contribution in [1.29, 1.82) is 0 Å². The molecule has 8 nitrogen and oxygen atoms in total. The third kappa shape index (κ3) is 6.29. The van der Waals surface area contributed by atoms with E-state index in [9.17, 15) is 20.0 Å². The minimum absolute atomic E-state index is 0.0435. The number of carbonyl (C=O) groups is 1. The van der Waals surface area contributed by atoms with E-state index in [2.05, 4.69) is 15.4 Å². The van der Waals surface area contributed by atoms with Gasteiger partial charge in [0.1, 0.15) is 5.75 Å². The fourth-order valence-electron chi connectivity index (χ4n) is 3.30. The van der Waals surface area contributed by atoms with Crippen LogP contribution in [-0.2, 0) is 0 Å². The van der Waals surface area contributed by atoms with Gasteiger partial charge in [-0.3, -0.25) is 14.9 Å². The summed E-state index contributed by atoms with van der Waals surface area (Å²) in [6.45, 7) is 5.77. The molecule has 0 radical (unpaired) electrons. The van der Waals surface area contributed by atoms with Gasteiger partial charge in [-0.25, -0.2) is 5.43 Å². The molecule has 0 aromatic heterocycles. The van der Waals surface area contributed by atoms with Gasteiger partial charge in [0, 0.05) is 48.1 Å². The number of anilines is 1. The van der Waals surface area contributed by atoms with Crippen LogP contribution in [-0.4, -0.2) is 35.2 Å². The number of amides is 1. The van der Waals surface area contributed by atoms with Crippen molar-refractivity contribution in [1.82, 2.24) is 5.43 Å². The van der Waals surface area contributed by atoms with Crippen molar-refractivity contribution >= 4 is 35.6 Å². The minimum atomic E-state index is -0.437. The molecule has 0 bridgehead atoms. The molecule has 0 saturated carbocycles. The number of phenols is 1. The standard InChI is InChI=1S/C26H26N4O4/c1-3-29(4-2)24-16-13-22(25(31)17-24)18-27-28-26(32)21-11-7-19(8-12-21)5-6-20-9-14-23(15-10-20)30(33)34/h5-18,31H,3-4H2,1-2H3,(H,28,32)/b6-5+,27-18+. The van der Waals surface area contributed by atoms with Gasteiger partial charge in [0.05, 0.1) is 11.1 Å². The van der Waals surface area contributed by atoms with Crippen LogP contribution >= 0.6 is 0 Å². The van der Waals surface area contributed by atoms with E-state index in [1.54, 1.807) is 48.5 Å². The topological polar surface area (TPSA) is 108 Å². The zero-order valence-electron chi connectivity index (χ0n) is 19.0. The van der Waals surface area contributed by atoms with Crippen molar-refractivity contribution in [2.24, 2.45) is 5.10 Å². The van der Waals surface area contributed by atoms with Gasteiger partial charge in [0.25, 0.3) is 11.6 Å². The average molecular weight is 459 g/mol. The Morgan fingerprint density at radius 2 is 1.59 bits per heavy atom. The van der Waals surface area contributed by atoms with Crippen molar-refractivity contribution < 1.29 is 14.8 Å². The number of nitro groups is 1. The van der Waals surface area contributed by atoms with Crippen molar-refractivity contribution in [2.75, 3.05) is 18.0 Å². The van der Waals surface area contributed by atoms with Crippen molar-refractivity contribution in [3.8, 4) is 5.75 Å². The smallest absolute Gasteiger partial charge is 0.271 e. The van der Waals surface area contributed by atoms with E-state index in [4.69, 9.17) is 0 Å². The number of non-ortho nitro benzene ring substituents is 1. The number of hydrogen-bond donors (Lipinski definition) is 2. The summed E-state index contributed by atoms with van der Waals surface area (Å²) in [5.74, 6) is -0.284. The van der Waals surface area contributed by atoms with Crippen LogP contribution in [0, 0.1) is 10.1 Å². The van der Waals surface area contributed by atoms with E-state index in [0.29, 0.717) is 11.1 Å². The van der Waals surface area contributed by atoms with Crippen molar-refractivity contribution in [3.63, 3.8) is 0 Å². The molecule has 0 heterocycles. The number of aromatic hydroxyl groups is 1. The van der Waals surface area contributed by atoms with Gasteiger partial charge in [-0.15, -0.1) is 0 Å². The maximum atomic E-state index is 12.4. The molecule has 1 amide bonds. The zero-order chi connectivity index (χ0) is 24.5. The first kappa shape index (κ1) is 24.2. The highest BCUT2D eigenvalue weighted by molar-refractivity contribution is 5.95. The van der Waals surface area contributed by atoms with E-state index in [-0.39, 0.29) is 17.3 Å². The van der Waals surface area contributed by atoms with Crippen molar-refractivity contribution in [3.05, 3.63) is 99.1 Å². The molecule has 3 aromatic rings. The first-order valence-electron chi connectivity index (χ1n) is 10.8. The molecule has 2 N–H and O–H groups in total. The number of carbonyl (C=O) groups excluding carboxylic acids is 1. The molecule has 34 heavy (non-hydrogen) atoms. The Balaban J connectivity index is 1.58. The summed E-state index contributed by atoms with van der Waals surface area (Å²) < 4.78 is 0. The highest BCUT2D eigenvalue weighted by atomic mass is 16.6.